The zero-order valence-corrected chi connectivity index (χ0v) is 33.5. The molecule has 0 unspecified atom stereocenters. The van der Waals surface area contributed by atoms with Gasteiger partial charge in [-0.3, -0.25) is 0 Å². The van der Waals surface area contributed by atoms with Crippen molar-refractivity contribution >= 4 is 0 Å². The predicted molar refractivity (Wildman–Crippen MR) is 209 cm³/mol. The fraction of sp³-hybridized carbons (Fsp3) is 1.00. The van der Waals surface area contributed by atoms with Crippen LogP contribution in [0.25, 0.3) is 0 Å². The summed E-state index contributed by atoms with van der Waals surface area (Å²) in [5.74, 6) is 0. The van der Waals surface area contributed by atoms with Gasteiger partial charge in [-0.15, -0.1) is 0 Å². The van der Waals surface area contributed by atoms with E-state index in [2.05, 4.69) is 0 Å². The van der Waals surface area contributed by atoms with E-state index in [1.807, 2.05) is 0 Å². The maximum absolute atomic E-state index is 7.00. The van der Waals surface area contributed by atoms with Gasteiger partial charge in [-0.05, 0) is 0 Å². The monoisotopic (exact) mass is 687 g/mol. The molecule has 47 heavy (non-hydrogen) atoms. The molecule has 1 aliphatic rings. The van der Waals surface area contributed by atoms with E-state index >= 15 is 0 Å². The third-order valence-corrected chi connectivity index (χ3v) is 8.25. The second-order valence-corrected chi connectivity index (χ2v) is 11.7. The fourth-order valence-corrected chi connectivity index (χ4v) is 5.83. The Bertz CT molecular complexity index is 195. The van der Waals surface area contributed by atoms with Gasteiger partial charge >= 0.3 is 0 Å². The van der Waals surface area contributed by atoms with Crippen molar-refractivity contribution in [2.24, 2.45) is 0 Å². The smallest absolute Gasteiger partial charge is 0.0319 e. The average Bonchev–Trinajstić information content (AvgIpc) is 3.16. The minimum atomic E-state index is 1.00. The molecule has 0 heterocycles. The molecular formula is C40H94O7. The van der Waals surface area contributed by atoms with E-state index in [0.717, 1.165) is 49.8 Å². The number of aliphatic hydroxyl groups excluding tert-OH is 7. The Morgan fingerprint density at radius 2 is 0.128 bits per heavy atom. The molecule has 1 fully saturated rings. The van der Waals surface area contributed by atoms with Crippen molar-refractivity contribution in [3.05, 3.63) is 0 Å². The van der Waals surface area contributed by atoms with Crippen LogP contribution >= 0.6 is 0 Å². The van der Waals surface area contributed by atoms with E-state index in [1.165, 1.54) is 212 Å². The molecule has 0 atom stereocenters. The summed E-state index contributed by atoms with van der Waals surface area (Å²) in [6.45, 7) is 0. The molecule has 7 N–H and O–H groups in total. The van der Waals surface area contributed by atoms with Gasteiger partial charge in [-0.25, -0.2) is 0 Å². The summed E-state index contributed by atoms with van der Waals surface area (Å²) in [6, 6.07) is 0. The summed E-state index contributed by atoms with van der Waals surface area (Å²) >= 11 is 0. The highest BCUT2D eigenvalue weighted by molar-refractivity contribution is 4.53. The lowest BCUT2D eigenvalue weighted by Crippen LogP contribution is -1.85. The standard InChI is InChI=1S/C33H66.7CH4O/c1-2-4-6-8-10-12-14-16-18-20-22-24-26-28-30-32-33-31-29-27-25-23-21-19-17-15-13-11-9-7-5-3-1;7*1-2/h1-33H2;7*2H,1H3. The summed E-state index contributed by atoms with van der Waals surface area (Å²) < 4.78 is 0. The van der Waals surface area contributed by atoms with Gasteiger partial charge in [0.25, 0.3) is 0 Å². The Morgan fingerprint density at radius 1 is 0.106 bits per heavy atom. The van der Waals surface area contributed by atoms with Gasteiger partial charge in [0, 0.05) is 49.8 Å². The summed E-state index contributed by atoms with van der Waals surface area (Å²) in [5.41, 5.74) is 0. The van der Waals surface area contributed by atoms with E-state index in [-0.39, 0.29) is 0 Å². The summed E-state index contributed by atoms with van der Waals surface area (Å²) in [4.78, 5) is 0. The van der Waals surface area contributed by atoms with Crippen molar-refractivity contribution in [1.29, 1.82) is 0 Å². The van der Waals surface area contributed by atoms with Crippen LogP contribution in [0.2, 0.25) is 0 Å². The van der Waals surface area contributed by atoms with Crippen molar-refractivity contribution < 1.29 is 35.7 Å². The van der Waals surface area contributed by atoms with E-state index in [0.29, 0.717) is 0 Å². The molecule has 0 aliphatic heterocycles. The Hall–Kier alpha value is -0.280. The number of aliphatic hydroxyl groups is 7. The Morgan fingerprint density at radius 3 is 0.149 bits per heavy atom. The van der Waals surface area contributed by atoms with Crippen LogP contribution in [-0.2, 0) is 0 Å². The minimum Gasteiger partial charge on any atom is -0.400 e. The second-order valence-electron chi connectivity index (χ2n) is 11.7. The van der Waals surface area contributed by atoms with Gasteiger partial charge in [0.05, 0.1) is 0 Å². The van der Waals surface area contributed by atoms with Crippen LogP contribution in [0.4, 0.5) is 0 Å². The normalized spacial score (nSPS) is 17.7. The molecule has 0 saturated heterocycles. The lowest BCUT2D eigenvalue weighted by atomic mass is 10.0. The lowest BCUT2D eigenvalue weighted by molar-refractivity contribution is 0.399. The average molecular weight is 687 g/mol. The SMILES string of the molecule is C1CCCCCCCCCCCCCCCCCCCCCCCCCCCCCCCC1.CO.CO.CO.CO.CO.CO.CO. The predicted octanol–water partition coefficient (Wildman–Crippen LogP) is 10.1. The van der Waals surface area contributed by atoms with E-state index in [9.17, 15) is 0 Å². The van der Waals surface area contributed by atoms with Gasteiger partial charge in [0.2, 0.25) is 0 Å². The van der Waals surface area contributed by atoms with Crippen LogP contribution in [0.3, 0.4) is 0 Å². The first-order chi connectivity index (χ1) is 23.5. The van der Waals surface area contributed by atoms with E-state index < -0.39 is 0 Å². The van der Waals surface area contributed by atoms with Crippen molar-refractivity contribution in [3.63, 3.8) is 0 Å². The van der Waals surface area contributed by atoms with E-state index in [1.54, 1.807) is 0 Å². The molecule has 0 bridgehead atoms. The van der Waals surface area contributed by atoms with Crippen molar-refractivity contribution in [2.75, 3.05) is 49.8 Å². The van der Waals surface area contributed by atoms with Crippen molar-refractivity contribution in [1.82, 2.24) is 0 Å². The van der Waals surface area contributed by atoms with Gasteiger partial charge < -0.3 is 35.7 Å². The first-order valence-corrected chi connectivity index (χ1v) is 19.6. The summed E-state index contributed by atoms with van der Waals surface area (Å²) in [7, 11) is 7.00. The highest BCUT2D eigenvalue weighted by Crippen LogP contribution is 2.17. The molecule has 0 aromatic heterocycles. The van der Waals surface area contributed by atoms with E-state index in [4.69, 9.17) is 35.7 Å². The molecule has 1 saturated carbocycles. The molecular weight excluding hydrogens is 592 g/mol. The molecule has 0 spiro atoms. The lowest BCUT2D eigenvalue weighted by Gasteiger charge is -2.04. The van der Waals surface area contributed by atoms with Gasteiger partial charge in [0.1, 0.15) is 0 Å². The van der Waals surface area contributed by atoms with Crippen LogP contribution in [0.1, 0.15) is 212 Å². The Labute approximate surface area is 297 Å². The number of rotatable bonds is 0. The summed E-state index contributed by atoms with van der Waals surface area (Å²) in [6.07, 6.45) is 49.5. The molecule has 1 aliphatic carbocycles. The largest absolute Gasteiger partial charge is 0.400 e. The zero-order chi connectivity index (χ0) is 37.3. The van der Waals surface area contributed by atoms with Crippen LogP contribution in [0.15, 0.2) is 0 Å². The number of hydrogen-bond acceptors (Lipinski definition) is 7. The van der Waals surface area contributed by atoms with Crippen molar-refractivity contribution in [3.8, 4) is 0 Å². The van der Waals surface area contributed by atoms with Gasteiger partial charge in [-0.1, -0.05) is 212 Å². The highest BCUT2D eigenvalue weighted by atomic mass is 16.2. The molecule has 0 amide bonds. The molecule has 0 radical (unpaired) electrons. The minimum absolute atomic E-state index is 1.00. The van der Waals surface area contributed by atoms with Crippen LogP contribution in [0.5, 0.6) is 0 Å². The van der Waals surface area contributed by atoms with Crippen LogP contribution in [0, 0.1) is 0 Å². The third kappa shape index (κ3) is 81.6. The maximum Gasteiger partial charge on any atom is 0.0319 e. The topological polar surface area (TPSA) is 142 Å². The molecule has 0 aromatic rings. The first-order valence-electron chi connectivity index (χ1n) is 19.6. The van der Waals surface area contributed by atoms with Gasteiger partial charge in [0.15, 0.2) is 0 Å². The van der Waals surface area contributed by atoms with Crippen LogP contribution in [-0.4, -0.2) is 85.5 Å². The maximum atomic E-state index is 7.00. The van der Waals surface area contributed by atoms with Crippen LogP contribution < -0.4 is 0 Å². The van der Waals surface area contributed by atoms with Gasteiger partial charge in [-0.2, -0.15) is 0 Å². The summed E-state index contributed by atoms with van der Waals surface area (Å²) in [5, 5.41) is 49.0. The molecule has 296 valence electrons. The Balaban J connectivity index is -0.000000201. The molecule has 7 nitrogen and oxygen atoms in total. The third-order valence-electron chi connectivity index (χ3n) is 8.25. The number of hydrogen-bond donors (Lipinski definition) is 7. The fourth-order valence-electron chi connectivity index (χ4n) is 5.83. The second kappa shape index (κ2) is 85.4. The van der Waals surface area contributed by atoms with Crippen molar-refractivity contribution in [2.45, 2.75) is 212 Å². The zero-order valence-electron chi connectivity index (χ0n) is 33.5. The molecule has 1 rings (SSSR count). The molecule has 0 aromatic carbocycles. The quantitative estimate of drug-likeness (QED) is 0.134. The highest BCUT2D eigenvalue weighted by Gasteiger charge is 1.98. The molecule has 7 heteroatoms. The first kappa shape index (κ1) is 61.9. The Kier molecular flexibility index (Phi) is 112.